The van der Waals surface area contributed by atoms with Crippen molar-refractivity contribution in [2.75, 3.05) is 5.32 Å². The zero-order valence-electron chi connectivity index (χ0n) is 12.3. The van der Waals surface area contributed by atoms with Gasteiger partial charge in [0.2, 0.25) is 5.91 Å². The SMILES string of the molecule is CC(C)c1ccc(NC(=O)Cc2ccc(C#N)cc2)cc1. The lowest BCUT2D eigenvalue weighted by Gasteiger charge is -2.08. The highest BCUT2D eigenvalue weighted by Gasteiger charge is 2.05. The number of carbonyl (C=O) groups excluding carboxylic acids is 1. The Morgan fingerprint density at radius 1 is 1.10 bits per heavy atom. The molecule has 21 heavy (non-hydrogen) atoms. The highest BCUT2D eigenvalue weighted by molar-refractivity contribution is 5.92. The number of carbonyl (C=O) groups is 1. The van der Waals surface area contributed by atoms with E-state index in [1.165, 1.54) is 5.56 Å². The molecule has 2 rings (SSSR count). The van der Waals surface area contributed by atoms with Gasteiger partial charge in [-0.25, -0.2) is 0 Å². The minimum Gasteiger partial charge on any atom is -0.326 e. The molecule has 0 radical (unpaired) electrons. The standard InChI is InChI=1S/C18H18N2O/c1-13(2)16-7-9-17(10-8-16)20-18(21)11-14-3-5-15(12-19)6-4-14/h3-10,13H,11H2,1-2H3,(H,20,21). The van der Waals surface area contributed by atoms with Gasteiger partial charge in [-0.05, 0) is 41.3 Å². The topological polar surface area (TPSA) is 52.9 Å². The Bertz CT molecular complexity index is 649. The van der Waals surface area contributed by atoms with Crippen molar-refractivity contribution in [3.05, 3.63) is 65.2 Å². The summed E-state index contributed by atoms with van der Waals surface area (Å²) in [6, 6.07) is 17.0. The number of amides is 1. The molecule has 2 aromatic carbocycles. The van der Waals surface area contributed by atoms with E-state index in [9.17, 15) is 4.79 Å². The Kier molecular flexibility index (Phi) is 4.73. The van der Waals surface area contributed by atoms with Crippen molar-refractivity contribution in [3.8, 4) is 6.07 Å². The molecule has 0 aliphatic heterocycles. The van der Waals surface area contributed by atoms with Crippen molar-refractivity contribution >= 4 is 11.6 Å². The van der Waals surface area contributed by atoms with Crippen LogP contribution in [0.4, 0.5) is 5.69 Å². The number of nitrogens with one attached hydrogen (secondary N) is 1. The van der Waals surface area contributed by atoms with E-state index in [1.54, 1.807) is 24.3 Å². The van der Waals surface area contributed by atoms with Gasteiger partial charge in [-0.3, -0.25) is 4.79 Å². The number of nitrogens with zero attached hydrogens (tertiary/aromatic N) is 1. The molecule has 0 spiro atoms. The maximum atomic E-state index is 12.0. The zero-order chi connectivity index (χ0) is 15.2. The second-order valence-electron chi connectivity index (χ2n) is 5.31. The number of hydrogen-bond donors (Lipinski definition) is 1. The number of nitriles is 1. The molecule has 0 aliphatic rings. The van der Waals surface area contributed by atoms with Crippen molar-refractivity contribution in [1.29, 1.82) is 5.26 Å². The number of hydrogen-bond acceptors (Lipinski definition) is 2. The highest BCUT2D eigenvalue weighted by atomic mass is 16.1. The molecular formula is C18H18N2O. The molecule has 0 saturated carbocycles. The van der Waals surface area contributed by atoms with Gasteiger partial charge in [0.05, 0.1) is 18.1 Å². The fourth-order valence-corrected chi connectivity index (χ4v) is 2.04. The normalized spacial score (nSPS) is 10.2. The minimum atomic E-state index is -0.0583. The lowest BCUT2D eigenvalue weighted by molar-refractivity contribution is -0.115. The molecule has 0 atom stereocenters. The van der Waals surface area contributed by atoms with Gasteiger partial charge in [0.25, 0.3) is 0 Å². The van der Waals surface area contributed by atoms with E-state index in [0.717, 1.165) is 11.3 Å². The average Bonchev–Trinajstić information content (AvgIpc) is 2.48. The molecule has 3 nitrogen and oxygen atoms in total. The first-order chi connectivity index (χ1) is 10.1. The lowest BCUT2D eigenvalue weighted by Crippen LogP contribution is -2.14. The summed E-state index contributed by atoms with van der Waals surface area (Å²) >= 11 is 0. The van der Waals surface area contributed by atoms with Gasteiger partial charge in [-0.2, -0.15) is 5.26 Å². The third-order valence-corrected chi connectivity index (χ3v) is 3.31. The fourth-order valence-electron chi connectivity index (χ4n) is 2.04. The van der Waals surface area contributed by atoms with Crippen LogP contribution in [0.2, 0.25) is 0 Å². The van der Waals surface area contributed by atoms with Gasteiger partial charge in [0.15, 0.2) is 0 Å². The molecule has 0 heterocycles. The second-order valence-corrected chi connectivity index (χ2v) is 5.31. The van der Waals surface area contributed by atoms with Gasteiger partial charge < -0.3 is 5.32 Å². The molecule has 0 bridgehead atoms. The molecule has 0 fully saturated rings. The Balaban J connectivity index is 1.96. The van der Waals surface area contributed by atoms with Gasteiger partial charge in [-0.1, -0.05) is 38.1 Å². The molecule has 0 saturated heterocycles. The second kappa shape index (κ2) is 6.71. The largest absolute Gasteiger partial charge is 0.326 e. The van der Waals surface area contributed by atoms with Crippen LogP contribution < -0.4 is 5.32 Å². The van der Waals surface area contributed by atoms with Crippen molar-refractivity contribution in [1.82, 2.24) is 0 Å². The van der Waals surface area contributed by atoms with E-state index >= 15 is 0 Å². The van der Waals surface area contributed by atoms with Crippen LogP contribution in [-0.4, -0.2) is 5.91 Å². The van der Waals surface area contributed by atoms with Crippen molar-refractivity contribution in [2.24, 2.45) is 0 Å². The van der Waals surface area contributed by atoms with Crippen LogP contribution in [0.25, 0.3) is 0 Å². The average molecular weight is 278 g/mol. The summed E-state index contributed by atoms with van der Waals surface area (Å²) in [5, 5.41) is 11.6. The first-order valence-electron chi connectivity index (χ1n) is 6.97. The van der Waals surface area contributed by atoms with Gasteiger partial charge in [-0.15, -0.1) is 0 Å². The highest BCUT2D eigenvalue weighted by Crippen LogP contribution is 2.17. The van der Waals surface area contributed by atoms with Crippen LogP contribution in [0.1, 0.15) is 36.5 Å². The quantitative estimate of drug-likeness (QED) is 0.923. The number of rotatable bonds is 4. The zero-order valence-corrected chi connectivity index (χ0v) is 12.3. The summed E-state index contributed by atoms with van der Waals surface area (Å²) in [5.74, 6) is 0.422. The molecule has 1 N–H and O–H groups in total. The van der Waals surface area contributed by atoms with E-state index in [4.69, 9.17) is 5.26 Å². The van der Waals surface area contributed by atoms with Crippen molar-refractivity contribution in [3.63, 3.8) is 0 Å². The van der Waals surface area contributed by atoms with Crippen molar-refractivity contribution < 1.29 is 4.79 Å². The van der Waals surface area contributed by atoms with Gasteiger partial charge in [0, 0.05) is 5.69 Å². The van der Waals surface area contributed by atoms with E-state index in [0.29, 0.717) is 17.9 Å². The molecule has 3 heteroatoms. The maximum Gasteiger partial charge on any atom is 0.228 e. The Labute approximate surface area is 125 Å². The van der Waals surface area contributed by atoms with Crippen LogP contribution in [0.15, 0.2) is 48.5 Å². The van der Waals surface area contributed by atoms with Gasteiger partial charge >= 0.3 is 0 Å². The first-order valence-corrected chi connectivity index (χ1v) is 6.97. The number of benzene rings is 2. The van der Waals surface area contributed by atoms with E-state index in [-0.39, 0.29) is 5.91 Å². The lowest BCUT2D eigenvalue weighted by atomic mass is 10.0. The summed E-state index contributed by atoms with van der Waals surface area (Å²) in [5.41, 5.74) is 3.55. The predicted octanol–water partition coefficient (Wildman–Crippen LogP) is 3.86. The Hall–Kier alpha value is -2.60. The summed E-state index contributed by atoms with van der Waals surface area (Å²) in [6.07, 6.45) is 0.303. The summed E-state index contributed by atoms with van der Waals surface area (Å²) < 4.78 is 0. The van der Waals surface area contributed by atoms with E-state index < -0.39 is 0 Å². The third kappa shape index (κ3) is 4.19. The number of anilines is 1. The first kappa shape index (κ1) is 14.8. The van der Waals surface area contributed by atoms with E-state index in [2.05, 4.69) is 25.2 Å². The minimum absolute atomic E-state index is 0.0583. The predicted molar refractivity (Wildman–Crippen MR) is 84.0 cm³/mol. The molecule has 0 aliphatic carbocycles. The third-order valence-electron chi connectivity index (χ3n) is 3.31. The fraction of sp³-hybridized carbons (Fsp3) is 0.222. The van der Waals surface area contributed by atoms with Crippen LogP contribution in [-0.2, 0) is 11.2 Å². The summed E-state index contributed by atoms with van der Waals surface area (Å²) in [4.78, 5) is 12.0. The molecule has 106 valence electrons. The Morgan fingerprint density at radius 3 is 2.24 bits per heavy atom. The van der Waals surface area contributed by atoms with E-state index in [1.807, 2.05) is 24.3 Å². The summed E-state index contributed by atoms with van der Waals surface area (Å²) in [7, 11) is 0. The maximum absolute atomic E-state index is 12.0. The molecule has 2 aromatic rings. The van der Waals surface area contributed by atoms with Gasteiger partial charge in [0.1, 0.15) is 0 Å². The molecule has 1 amide bonds. The van der Waals surface area contributed by atoms with Crippen LogP contribution >= 0.6 is 0 Å². The molecular weight excluding hydrogens is 260 g/mol. The summed E-state index contributed by atoms with van der Waals surface area (Å²) in [6.45, 7) is 4.27. The monoisotopic (exact) mass is 278 g/mol. The Morgan fingerprint density at radius 2 is 1.71 bits per heavy atom. The van der Waals surface area contributed by atoms with Crippen LogP contribution in [0, 0.1) is 11.3 Å². The molecule has 0 unspecified atom stereocenters. The van der Waals surface area contributed by atoms with Crippen LogP contribution in [0.5, 0.6) is 0 Å². The van der Waals surface area contributed by atoms with Crippen molar-refractivity contribution in [2.45, 2.75) is 26.2 Å². The smallest absolute Gasteiger partial charge is 0.228 e. The van der Waals surface area contributed by atoms with Crippen LogP contribution in [0.3, 0.4) is 0 Å². The molecule has 0 aromatic heterocycles.